The summed E-state index contributed by atoms with van der Waals surface area (Å²) in [6.07, 6.45) is 3.12. The van der Waals surface area contributed by atoms with E-state index in [-0.39, 0.29) is 43.7 Å². The average molecular weight is 546 g/mol. The van der Waals surface area contributed by atoms with Gasteiger partial charge in [-0.05, 0) is 56.7 Å². The Bertz CT molecular complexity index is 1370. The summed E-state index contributed by atoms with van der Waals surface area (Å²) in [5, 5.41) is 5.66. The molecule has 39 heavy (non-hydrogen) atoms. The first kappa shape index (κ1) is 29.1. The highest BCUT2D eigenvalue weighted by Gasteiger charge is 2.35. The zero-order valence-electron chi connectivity index (χ0n) is 22.4. The maximum absolute atomic E-state index is 13.7. The molecule has 1 amide bonds. The Morgan fingerprint density at radius 2 is 1.95 bits per heavy atom. The van der Waals surface area contributed by atoms with Crippen LogP contribution in [0.3, 0.4) is 0 Å². The lowest BCUT2D eigenvalue weighted by Gasteiger charge is -2.40. The molecule has 3 heterocycles. The Hall–Kier alpha value is -2.85. The van der Waals surface area contributed by atoms with Crippen LogP contribution in [0.4, 0.5) is 8.78 Å². The van der Waals surface area contributed by atoms with E-state index in [4.69, 9.17) is 4.74 Å². The molecule has 1 aliphatic heterocycles. The number of alkyl halides is 2. The first-order valence-electron chi connectivity index (χ1n) is 13.6. The number of rotatable bonds is 7. The molecule has 0 bridgehead atoms. The van der Waals surface area contributed by atoms with Gasteiger partial charge in [0.25, 0.3) is 11.5 Å². The predicted molar refractivity (Wildman–Crippen MR) is 150 cm³/mol. The van der Waals surface area contributed by atoms with Gasteiger partial charge in [-0.1, -0.05) is 7.43 Å². The molecule has 2 aliphatic rings. The van der Waals surface area contributed by atoms with E-state index in [2.05, 4.69) is 21.9 Å². The van der Waals surface area contributed by atoms with E-state index >= 15 is 0 Å². The number of ether oxygens (including phenoxy) is 1. The molecule has 0 radical (unpaired) electrons. The summed E-state index contributed by atoms with van der Waals surface area (Å²) in [5.74, 6) is -2.54. The highest BCUT2D eigenvalue weighted by molar-refractivity contribution is 6.07. The second-order valence-electron chi connectivity index (χ2n) is 11.0. The number of fused-ring (bicyclic) bond motifs is 3. The van der Waals surface area contributed by atoms with Gasteiger partial charge >= 0.3 is 0 Å². The van der Waals surface area contributed by atoms with Crippen molar-refractivity contribution in [2.24, 2.45) is 5.92 Å². The topological polar surface area (TPSA) is 83.5 Å². The molecule has 3 aromatic rings. The van der Waals surface area contributed by atoms with E-state index < -0.39 is 5.92 Å². The van der Waals surface area contributed by atoms with Crippen LogP contribution in [0.1, 0.15) is 62.4 Å². The van der Waals surface area contributed by atoms with Crippen LogP contribution >= 0.6 is 0 Å². The van der Waals surface area contributed by atoms with Crippen LogP contribution in [0.25, 0.3) is 21.8 Å². The standard InChI is InChI=1S/C28H37F2N5O3.CH4/c1-18-13-24-22(14-21(18)27(37)34-11-10-33(19(2)16-34)9-4-12-38-3)25-23(26(36)32-24)15-31-35(25)17-20-5-7-28(29,30)8-6-20;/h13-15,19-20H,4-12,16-17H2,1-3H3,(H,32,36);1H4/t19-;/m1./s1. The maximum atomic E-state index is 13.7. The van der Waals surface area contributed by atoms with E-state index in [0.29, 0.717) is 54.5 Å². The lowest BCUT2D eigenvalue weighted by atomic mass is 9.87. The smallest absolute Gasteiger partial charge is 0.259 e. The Kier molecular flexibility index (Phi) is 8.75. The van der Waals surface area contributed by atoms with Gasteiger partial charge in [0.2, 0.25) is 5.92 Å². The molecule has 214 valence electrons. The summed E-state index contributed by atoms with van der Waals surface area (Å²) in [5.41, 5.74) is 2.46. The lowest BCUT2D eigenvalue weighted by Crippen LogP contribution is -2.53. The summed E-state index contributed by atoms with van der Waals surface area (Å²) in [6, 6.07) is 3.97. The third kappa shape index (κ3) is 6.01. The number of halogens is 2. The number of aryl methyl sites for hydroxylation is 1. The van der Waals surface area contributed by atoms with Gasteiger partial charge in [0, 0.05) is 76.3 Å². The lowest BCUT2D eigenvalue weighted by molar-refractivity contribution is -0.0475. The number of nitrogens with one attached hydrogen (secondary N) is 1. The second-order valence-corrected chi connectivity index (χ2v) is 11.0. The number of amides is 1. The highest BCUT2D eigenvalue weighted by Crippen LogP contribution is 2.37. The molecule has 1 N–H and O–H groups in total. The number of hydrogen-bond acceptors (Lipinski definition) is 5. The number of carbonyl (C=O) groups excluding carboxylic acids is 1. The molecule has 5 rings (SSSR count). The van der Waals surface area contributed by atoms with Crippen molar-refractivity contribution in [3.05, 3.63) is 39.8 Å². The Balaban J connectivity index is 0.00000353. The first-order chi connectivity index (χ1) is 18.2. The summed E-state index contributed by atoms with van der Waals surface area (Å²) in [4.78, 5) is 33.8. The molecule has 1 saturated heterocycles. The summed E-state index contributed by atoms with van der Waals surface area (Å²) < 4.78 is 34.3. The van der Waals surface area contributed by atoms with Crippen LogP contribution in [0, 0.1) is 12.8 Å². The predicted octanol–water partition coefficient (Wildman–Crippen LogP) is 4.83. The van der Waals surface area contributed by atoms with Gasteiger partial charge in [-0.15, -0.1) is 0 Å². The molecule has 0 unspecified atom stereocenters. The van der Waals surface area contributed by atoms with Gasteiger partial charge < -0.3 is 14.6 Å². The highest BCUT2D eigenvalue weighted by atomic mass is 19.3. The number of methoxy groups -OCH3 is 1. The molecule has 1 saturated carbocycles. The number of piperazine rings is 1. The van der Waals surface area contributed by atoms with Crippen molar-refractivity contribution in [3.8, 4) is 0 Å². The average Bonchev–Trinajstić information content (AvgIpc) is 3.30. The SMILES string of the molecule is C.COCCCN1CCN(C(=O)c2cc3c(cc2C)[nH]c(=O)c2cnn(CC4CCC(F)(F)CC4)c23)C[C@H]1C. The quantitative estimate of drug-likeness (QED) is 0.430. The Morgan fingerprint density at radius 3 is 2.64 bits per heavy atom. The van der Waals surface area contributed by atoms with E-state index in [0.717, 1.165) is 37.1 Å². The molecule has 8 nitrogen and oxygen atoms in total. The maximum Gasteiger partial charge on any atom is 0.259 e. The number of hydrogen-bond donors (Lipinski definition) is 1. The molecule has 1 aromatic carbocycles. The Labute approximate surface area is 228 Å². The van der Waals surface area contributed by atoms with Crippen molar-refractivity contribution in [2.75, 3.05) is 39.9 Å². The van der Waals surface area contributed by atoms with Crippen molar-refractivity contribution in [3.63, 3.8) is 0 Å². The minimum Gasteiger partial charge on any atom is -0.385 e. The van der Waals surface area contributed by atoms with E-state index in [1.165, 1.54) is 6.20 Å². The van der Waals surface area contributed by atoms with Gasteiger partial charge in [0.05, 0.1) is 22.6 Å². The first-order valence-corrected chi connectivity index (χ1v) is 13.6. The van der Waals surface area contributed by atoms with Crippen molar-refractivity contribution in [2.45, 2.75) is 71.9 Å². The molecule has 2 aromatic heterocycles. The fourth-order valence-electron chi connectivity index (χ4n) is 6.02. The van der Waals surface area contributed by atoms with Crippen LogP contribution in [-0.2, 0) is 11.3 Å². The van der Waals surface area contributed by atoms with Crippen molar-refractivity contribution >= 4 is 27.7 Å². The monoisotopic (exact) mass is 545 g/mol. The van der Waals surface area contributed by atoms with Gasteiger partial charge in [0.1, 0.15) is 0 Å². The normalized spacial score (nSPS) is 20.4. The van der Waals surface area contributed by atoms with Crippen LogP contribution in [0.5, 0.6) is 0 Å². The number of aromatic nitrogens is 3. The zero-order chi connectivity index (χ0) is 27.0. The van der Waals surface area contributed by atoms with Gasteiger partial charge in [-0.25, -0.2) is 8.78 Å². The van der Waals surface area contributed by atoms with Crippen molar-refractivity contribution in [1.82, 2.24) is 24.6 Å². The van der Waals surface area contributed by atoms with Crippen LogP contribution in [0.2, 0.25) is 0 Å². The number of carbonyl (C=O) groups is 1. The third-order valence-corrected chi connectivity index (χ3v) is 8.30. The van der Waals surface area contributed by atoms with E-state index in [1.54, 1.807) is 11.8 Å². The summed E-state index contributed by atoms with van der Waals surface area (Å²) >= 11 is 0. The molecule has 0 spiro atoms. The van der Waals surface area contributed by atoms with E-state index in [1.807, 2.05) is 24.0 Å². The van der Waals surface area contributed by atoms with Crippen LogP contribution in [-0.4, -0.2) is 82.3 Å². The van der Waals surface area contributed by atoms with Gasteiger partial charge in [-0.3, -0.25) is 19.2 Å². The fraction of sp³-hybridized carbons (Fsp3) is 0.621. The van der Waals surface area contributed by atoms with Crippen molar-refractivity contribution in [1.29, 1.82) is 0 Å². The third-order valence-electron chi connectivity index (χ3n) is 8.30. The van der Waals surface area contributed by atoms with Gasteiger partial charge in [-0.2, -0.15) is 5.10 Å². The number of H-pyrrole nitrogens is 1. The molecule has 1 atom stereocenters. The number of aromatic amines is 1. The molecular formula is C29H41F2N5O3. The zero-order valence-corrected chi connectivity index (χ0v) is 22.4. The van der Waals surface area contributed by atoms with Crippen LogP contribution in [0.15, 0.2) is 23.1 Å². The van der Waals surface area contributed by atoms with Crippen LogP contribution < -0.4 is 5.56 Å². The number of benzene rings is 1. The molecule has 2 fully saturated rings. The summed E-state index contributed by atoms with van der Waals surface area (Å²) in [6.45, 7) is 8.29. The molecule has 10 heteroatoms. The summed E-state index contributed by atoms with van der Waals surface area (Å²) in [7, 11) is 1.71. The fourth-order valence-corrected chi connectivity index (χ4v) is 6.02. The Morgan fingerprint density at radius 1 is 1.21 bits per heavy atom. The largest absolute Gasteiger partial charge is 0.385 e. The number of pyridine rings is 1. The van der Waals surface area contributed by atoms with Gasteiger partial charge in [0.15, 0.2) is 0 Å². The second kappa shape index (κ2) is 11.7. The minimum atomic E-state index is -2.59. The molecular weight excluding hydrogens is 504 g/mol. The number of nitrogens with zero attached hydrogens (tertiary/aromatic N) is 4. The minimum absolute atomic E-state index is 0. The van der Waals surface area contributed by atoms with E-state index in [9.17, 15) is 18.4 Å². The molecule has 1 aliphatic carbocycles. The van der Waals surface area contributed by atoms with Crippen molar-refractivity contribution < 1.29 is 18.3 Å².